The van der Waals surface area contributed by atoms with Crippen LogP contribution in [0.2, 0.25) is 0 Å². The molecule has 0 N–H and O–H groups in total. The van der Waals surface area contributed by atoms with Crippen LogP contribution in [0.25, 0.3) is 0 Å². The molecular weight excluding hydrogens is 286 g/mol. The molecule has 0 spiro atoms. The molecule has 0 saturated carbocycles. The average molecular weight is 309 g/mol. The Labute approximate surface area is 127 Å². The van der Waals surface area contributed by atoms with Crippen molar-refractivity contribution < 1.29 is 8.42 Å². The van der Waals surface area contributed by atoms with E-state index in [0.717, 1.165) is 12.1 Å². The van der Waals surface area contributed by atoms with Gasteiger partial charge in [-0.3, -0.25) is 9.31 Å². The van der Waals surface area contributed by atoms with Crippen molar-refractivity contribution in [2.75, 3.05) is 23.9 Å². The van der Waals surface area contributed by atoms with E-state index in [1.807, 2.05) is 31.0 Å². The van der Waals surface area contributed by atoms with Gasteiger partial charge in [0.1, 0.15) is 6.34 Å². The highest BCUT2D eigenvalue weighted by Gasteiger charge is 2.24. The normalized spacial score (nSPS) is 15.8. The van der Waals surface area contributed by atoms with Crippen molar-refractivity contribution in [1.82, 2.24) is 4.31 Å². The zero-order valence-electron chi connectivity index (χ0n) is 12.9. The first kappa shape index (κ1) is 15.8. The summed E-state index contributed by atoms with van der Waals surface area (Å²) in [5, 5.41) is 6.10. The highest BCUT2D eigenvalue weighted by Crippen LogP contribution is 2.18. The third-order valence-corrected chi connectivity index (χ3v) is 5.48. The molecule has 1 aliphatic heterocycles. The number of anilines is 1. The van der Waals surface area contributed by atoms with Crippen molar-refractivity contribution in [3.05, 3.63) is 29.8 Å². The summed E-state index contributed by atoms with van der Waals surface area (Å²) < 4.78 is 25.6. The summed E-state index contributed by atoms with van der Waals surface area (Å²) in [6.07, 6.45) is 2.43. The van der Waals surface area contributed by atoms with Gasteiger partial charge in [0.05, 0.1) is 24.5 Å². The zero-order valence-corrected chi connectivity index (χ0v) is 13.7. The summed E-state index contributed by atoms with van der Waals surface area (Å²) >= 11 is 0. The number of rotatable bonds is 5. The molecule has 0 aliphatic carbocycles. The van der Waals surface area contributed by atoms with E-state index in [9.17, 15) is 8.42 Å². The molecule has 0 amide bonds. The van der Waals surface area contributed by atoms with Gasteiger partial charge in [-0.1, -0.05) is 32.9 Å². The van der Waals surface area contributed by atoms with Crippen LogP contribution in [0.1, 0.15) is 26.3 Å². The molecule has 1 aliphatic rings. The Hall–Kier alpha value is -1.56. The first-order chi connectivity index (χ1) is 9.92. The minimum Gasteiger partial charge on any atom is -0.262 e. The highest BCUT2D eigenvalue weighted by molar-refractivity contribution is 7.89. The van der Waals surface area contributed by atoms with Crippen LogP contribution in [0.4, 0.5) is 5.69 Å². The summed E-state index contributed by atoms with van der Waals surface area (Å²) in [7, 11) is -3.24. The summed E-state index contributed by atoms with van der Waals surface area (Å²) in [6, 6.07) is 8.20. The van der Waals surface area contributed by atoms with Crippen molar-refractivity contribution >= 4 is 22.0 Å². The number of aryl methyl sites for hydroxylation is 1. The number of benzene rings is 1. The quantitative estimate of drug-likeness (QED) is 0.838. The predicted octanol–water partition coefficient (Wildman–Crippen LogP) is 2.30. The number of nitrogens with zero attached hydrogens (tertiary/aromatic N) is 3. The number of hydrogen-bond acceptors (Lipinski definition) is 4. The van der Waals surface area contributed by atoms with E-state index in [4.69, 9.17) is 0 Å². The largest absolute Gasteiger partial charge is 0.262 e. The smallest absolute Gasteiger partial charge is 0.236 e. The molecule has 1 aromatic rings. The monoisotopic (exact) mass is 309 g/mol. The second kappa shape index (κ2) is 6.47. The number of hydrazone groups is 1. The molecular formula is C15H23N3O2S. The Kier molecular flexibility index (Phi) is 4.88. The topological polar surface area (TPSA) is 53.0 Å². The van der Waals surface area contributed by atoms with E-state index >= 15 is 0 Å². The van der Waals surface area contributed by atoms with Crippen molar-refractivity contribution in [2.24, 2.45) is 11.0 Å². The van der Waals surface area contributed by atoms with Crippen LogP contribution in [0.3, 0.4) is 0 Å². The van der Waals surface area contributed by atoms with Crippen molar-refractivity contribution in [3.8, 4) is 0 Å². The molecule has 1 aromatic carbocycles. The fraction of sp³-hybridized carbons (Fsp3) is 0.533. The van der Waals surface area contributed by atoms with Crippen LogP contribution >= 0.6 is 0 Å². The minimum atomic E-state index is -3.24. The summed E-state index contributed by atoms with van der Waals surface area (Å²) in [6.45, 7) is 6.93. The average Bonchev–Trinajstić information content (AvgIpc) is 2.46. The molecule has 5 nitrogen and oxygen atoms in total. The molecule has 0 atom stereocenters. The number of hydrogen-bond donors (Lipinski definition) is 0. The van der Waals surface area contributed by atoms with Crippen molar-refractivity contribution in [3.63, 3.8) is 0 Å². The van der Waals surface area contributed by atoms with Crippen LogP contribution in [-0.4, -0.2) is 37.9 Å². The van der Waals surface area contributed by atoms with Crippen LogP contribution in [-0.2, 0) is 16.4 Å². The lowest BCUT2D eigenvalue weighted by atomic mass is 10.1. The van der Waals surface area contributed by atoms with Crippen LogP contribution < -0.4 is 5.01 Å². The highest BCUT2D eigenvalue weighted by atomic mass is 32.2. The van der Waals surface area contributed by atoms with Crippen molar-refractivity contribution in [1.29, 1.82) is 0 Å². The Bertz CT molecular complexity index is 594. The SMILES string of the molecule is CCc1ccc(N2CCN(S(=O)(=O)CC(C)C)C=N2)cc1. The molecule has 0 saturated heterocycles. The fourth-order valence-electron chi connectivity index (χ4n) is 2.26. The first-order valence-electron chi connectivity index (χ1n) is 7.32. The fourth-order valence-corrected chi connectivity index (χ4v) is 3.84. The Morgan fingerprint density at radius 1 is 1.19 bits per heavy atom. The van der Waals surface area contributed by atoms with Gasteiger partial charge in [-0.15, -0.1) is 0 Å². The molecule has 0 fully saturated rings. The minimum absolute atomic E-state index is 0.114. The van der Waals surface area contributed by atoms with Gasteiger partial charge in [-0.05, 0) is 30.0 Å². The molecule has 0 aromatic heterocycles. The molecule has 21 heavy (non-hydrogen) atoms. The first-order valence-corrected chi connectivity index (χ1v) is 8.93. The maximum atomic E-state index is 12.1. The standard InChI is InChI=1S/C15H23N3O2S/c1-4-14-5-7-15(8-6-14)18-10-9-17(12-16-18)21(19,20)11-13(2)3/h5-8,12-13H,4,9-11H2,1-3H3. The van der Waals surface area contributed by atoms with E-state index in [2.05, 4.69) is 24.2 Å². The lowest BCUT2D eigenvalue weighted by molar-refractivity contribution is 0.505. The van der Waals surface area contributed by atoms with Gasteiger partial charge in [0.15, 0.2) is 0 Å². The molecule has 116 valence electrons. The molecule has 0 unspecified atom stereocenters. The second-order valence-electron chi connectivity index (χ2n) is 5.66. The van der Waals surface area contributed by atoms with Gasteiger partial charge in [0.25, 0.3) is 0 Å². The number of sulfonamides is 1. The maximum Gasteiger partial charge on any atom is 0.236 e. The van der Waals surface area contributed by atoms with E-state index in [1.165, 1.54) is 16.2 Å². The van der Waals surface area contributed by atoms with E-state index in [0.29, 0.717) is 13.1 Å². The van der Waals surface area contributed by atoms with Gasteiger partial charge >= 0.3 is 0 Å². The van der Waals surface area contributed by atoms with Gasteiger partial charge in [0, 0.05) is 0 Å². The molecule has 2 rings (SSSR count). The Morgan fingerprint density at radius 2 is 1.86 bits per heavy atom. The van der Waals surface area contributed by atoms with E-state index in [1.54, 1.807) is 0 Å². The predicted molar refractivity (Wildman–Crippen MR) is 87.0 cm³/mol. The van der Waals surface area contributed by atoms with Gasteiger partial charge < -0.3 is 0 Å². The lowest BCUT2D eigenvalue weighted by Crippen LogP contribution is -2.42. The summed E-state index contributed by atoms with van der Waals surface area (Å²) in [5.41, 5.74) is 2.27. The molecule has 1 heterocycles. The van der Waals surface area contributed by atoms with Gasteiger partial charge in [-0.2, -0.15) is 5.10 Å². The Morgan fingerprint density at radius 3 is 2.33 bits per heavy atom. The second-order valence-corrected chi connectivity index (χ2v) is 7.62. The van der Waals surface area contributed by atoms with Crippen LogP contribution in [0.5, 0.6) is 0 Å². The third kappa shape index (κ3) is 3.97. The maximum absolute atomic E-state index is 12.1. The zero-order chi connectivity index (χ0) is 15.5. The Balaban J connectivity index is 2.07. The summed E-state index contributed by atoms with van der Waals surface area (Å²) in [5.74, 6) is 0.271. The van der Waals surface area contributed by atoms with Crippen LogP contribution in [0.15, 0.2) is 29.4 Å². The third-order valence-electron chi connectivity index (χ3n) is 3.40. The lowest BCUT2D eigenvalue weighted by Gasteiger charge is -2.29. The molecule has 6 heteroatoms. The van der Waals surface area contributed by atoms with Gasteiger partial charge in [0.2, 0.25) is 10.0 Å². The molecule has 0 bridgehead atoms. The van der Waals surface area contributed by atoms with E-state index in [-0.39, 0.29) is 11.7 Å². The van der Waals surface area contributed by atoms with Crippen molar-refractivity contribution in [2.45, 2.75) is 27.2 Å². The van der Waals surface area contributed by atoms with E-state index < -0.39 is 10.0 Å². The molecule has 0 radical (unpaired) electrons. The van der Waals surface area contributed by atoms with Crippen LogP contribution in [0, 0.1) is 5.92 Å². The van der Waals surface area contributed by atoms with Gasteiger partial charge in [-0.25, -0.2) is 8.42 Å². The summed E-state index contributed by atoms with van der Waals surface area (Å²) in [4.78, 5) is 0.